The van der Waals surface area contributed by atoms with Gasteiger partial charge in [-0.1, -0.05) is 72.9 Å². The molecule has 1 aromatic heterocycles. The number of aliphatic hydroxyl groups is 1. The molecule has 1 fully saturated rings. The standard InChI is InChI=1S/C34H32N2O6S/c1-5-22-12-14-24(15-13-22)28-27(30(38)32(39)36(28)34-35-21(4)31(43-34)33(40)41-6-2)29(37)25-16-17-26(20(3)18-25)42-19-23-10-8-7-9-11-23/h7-18,28,37H,5-6,19H2,1-4H3/t28-/m0/s1. The third-order valence-corrected chi connectivity index (χ3v) is 8.42. The molecule has 2 heterocycles. The highest BCUT2D eigenvalue weighted by Gasteiger charge is 2.48. The number of Topliss-reactive ketones (excluding diaryl/α,β-unsaturated/α-hetero) is 1. The Morgan fingerprint density at radius 3 is 2.35 bits per heavy atom. The molecule has 0 unspecified atom stereocenters. The van der Waals surface area contributed by atoms with Crippen molar-refractivity contribution in [1.82, 2.24) is 4.98 Å². The van der Waals surface area contributed by atoms with E-state index in [1.54, 1.807) is 32.0 Å². The number of carbonyl (C=O) groups excluding carboxylic acids is 3. The monoisotopic (exact) mass is 596 g/mol. The van der Waals surface area contributed by atoms with Crippen LogP contribution in [-0.2, 0) is 27.4 Å². The molecule has 0 spiro atoms. The van der Waals surface area contributed by atoms with Gasteiger partial charge in [0, 0.05) is 5.56 Å². The Morgan fingerprint density at radius 1 is 0.977 bits per heavy atom. The van der Waals surface area contributed by atoms with Crippen LogP contribution in [0.15, 0.2) is 78.4 Å². The predicted molar refractivity (Wildman–Crippen MR) is 165 cm³/mol. The van der Waals surface area contributed by atoms with Crippen LogP contribution < -0.4 is 9.64 Å². The Bertz CT molecular complexity index is 1710. The summed E-state index contributed by atoms with van der Waals surface area (Å²) in [5.74, 6) is -1.89. The molecule has 5 rings (SSSR count). The van der Waals surface area contributed by atoms with Crippen LogP contribution in [0.2, 0.25) is 0 Å². The largest absolute Gasteiger partial charge is 0.507 e. The molecule has 0 bridgehead atoms. The summed E-state index contributed by atoms with van der Waals surface area (Å²) >= 11 is 0.981. The van der Waals surface area contributed by atoms with Gasteiger partial charge < -0.3 is 14.6 Å². The Balaban J connectivity index is 1.57. The van der Waals surface area contributed by atoms with Crippen LogP contribution in [-0.4, -0.2) is 34.4 Å². The van der Waals surface area contributed by atoms with E-state index >= 15 is 0 Å². The van der Waals surface area contributed by atoms with Crippen LogP contribution in [0.4, 0.5) is 5.13 Å². The second-order valence-electron chi connectivity index (χ2n) is 10.2. The highest BCUT2D eigenvalue weighted by atomic mass is 32.1. The van der Waals surface area contributed by atoms with Crippen LogP contribution in [0.5, 0.6) is 5.75 Å². The lowest BCUT2D eigenvalue weighted by Gasteiger charge is -2.23. The van der Waals surface area contributed by atoms with E-state index in [2.05, 4.69) is 4.98 Å². The first-order chi connectivity index (χ1) is 20.7. The van der Waals surface area contributed by atoms with Crippen molar-refractivity contribution in [2.45, 2.75) is 46.8 Å². The Kier molecular flexibility index (Phi) is 8.73. The van der Waals surface area contributed by atoms with Gasteiger partial charge >= 0.3 is 11.9 Å². The maximum Gasteiger partial charge on any atom is 0.350 e. The molecule has 1 amide bonds. The zero-order chi connectivity index (χ0) is 30.7. The number of ketones is 1. The molecule has 1 saturated heterocycles. The zero-order valence-corrected chi connectivity index (χ0v) is 25.2. The summed E-state index contributed by atoms with van der Waals surface area (Å²) in [6, 6.07) is 21.5. The molecule has 0 saturated carbocycles. The van der Waals surface area contributed by atoms with Gasteiger partial charge in [-0.3, -0.25) is 14.5 Å². The molecule has 1 aliphatic rings. The quantitative estimate of drug-likeness (QED) is 0.0991. The summed E-state index contributed by atoms with van der Waals surface area (Å²) < 4.78 is 11.1. The molecule has 43 heavy (non-hydrogen) atoms. The van der Waals surface area contributed by atoms with Crippen LogP contribution in [0.1, 0.15) is 63.1 Å². The maximum absolute atomic E-state index is 13.6. The number of aryl methyl sites for hydroxylation is 3. The van der Waals surface area contributed by atoms with Gasteiger partial charge in [0.05, 0.1) is 23.9 Å². The molecule has 9 heteroatoms. The van der Waals surface area contributed by atoms with Gasteiger partial charge in [-0.15, -0.1) is 0 Å². The first kappa shape index (κ1) is 29.7. The Morgan fingerprint density at radius 2 is 1.70 bits per heavy atom. The molecule has 3 aromatic carbocycles. The summed E-state index contributed by atoms with van der Waals surface area (Å²) in [6.07, 6.45) is 0.813. The number of rotatable bonds is 9. The van der Waals surface area contributed by atoms with Gasteiger partial charge in [-0.25, -0.2) is 9.78 Å². The molecule has 1 atom stereocenters. The van der Waals surface area contributed by atoms with Crippen molar-refractivity contribution in [3.8, 4) is 5.75 Å². The van der Waals surface area contributed by atoms with Crippen molar-refractivity contribution in [3.63, 3.8) is 0 Å². The minimum absolute atomic E-state index is 0.0582. The van der Waals surface area contributed by atoms with Crippen molar-refractivity contribution in [2.24, 2.45) is 0 Å². The molecule has 1 aliphatic heterocycles. The van der Waals surface area contributed by atoms with Gasteiger partial charge in [-0.05, 0) is 67.6 Å². The second kappa shape index (κ2) is 12.6. The fraction of sp³-hybridized carbons (Fsp3) is 0.235. The van der Waals surface area contributed by atoms with E-state index in [0.717, 1.165) is 34.4 Å². The zero-order valence-electron chi connectivity index (χ0n) is 24.4. The minimum Gasteiger partial charge on any atom is -0.507 e. The van der Waals surface area contributed by atoms with Crippen molar-refractivity contribution < 1.29 is 29.0 Å². The van der Waals surface area contributed by atoms with E-state index in [1.165, 1.54) is 4.90 Å². The predicted octanol–water partition coefficient (Wildman–Crippen LogP) is 6.70. The van der Waals surface area contributed by atoms with Crippen molar-refractivity contribution in [3.05, 3.63) is 117 Å². The van der Waals surface area contributed by atoms with Crippen LogP contribution in [0, 0.1) is 13.8 Å². The number of benzene rings is 3. The number of anilines is 1. The molecule has 220 valence electrons. The topological polar surface area (TPSA) is 106 Å². The van der Waals surface area contributed by atoms with Crippen molar-refractivity contribution in [2.75, 3.05) is 11.5 Å². The van der Waals surface area contributed by atoms with E-state index in [-0.39, 0.29) is 27.9 Å². The molecule has 0 radical (unpaired) electrons. The third-order valence-electron chi connectivity index (χ3n) is 7.29. The summed E-state index contributed by atoms with van der Waals surface area (Å²) in [6.45, 7) is 7.81. The number of esters is 1. The van der Waals surface area contributed by atoms with E-state index in [1.807, 2.05) is 68.4 Å². The molecule has 4 aromatic rings. The SMILES string of the molecule is CCOC(=O)c1sc(N2C(=O)C(=O)C(=C(O)c3ccc(OCc4ccccc4)c(C)c3)[C@@H]2c2ccc(CC)cc2)nc1C. The molecule has 1 N–H and O–H groups in total. The fourth-order valence-corrected chi connectivity index (χ4v) is 5.99. The number of amides is 1. The van der Waals surface area contributed by atoms with Crippen LogP contribution in [0.3, 0.4) is 0 Å². The van der Waals surface area contributed by atoms with Gasteiger partial charge in [0.2, 0.25) is 0 Å². The minimum atomic E-state index is -0.958. The summed E-state index contributed by atoms with van der Waals surface area (Å²) in [7, 11) is 0. The summed E-state index contributed by atoms with van der Waals surface area (Å²) in [5.41, 5.74) is 4.19. The Hall–Kier alpha value is -4.76. The van der Waals surface area contributed by atoms with Gasteiger partial charge in [0.1, 0.15) is 23.0 Å². The van der Waals surface area contributed by atoms with Crippen LogP contribution >= 0.6 is 11.3 Å². The first-order valence-electron chi connectivity index (χ1n) is 14.1. The summed E-state index contributed by atoms with van der Waals surface area (Å²) in [4.78, 5) is 45.7. The highest BCUT2D eigenvalue weighted by Crippen LogP contribution is 2.44. The van der Waals surface area contributed by atoms with Crippen molar-refractivity contribution in [1.29, 1.82) is 0 Å². The van der Waals surface area contributed by atoms with Gasteiger partial charge in [0.25, 0.3) is 5.78 Å². The molecule has 0 aliphatic carbocycles. The number of hydrogen-bond donors (Lipinski definition) is 1. The number of hydrogen-bond acceptors (Lipinski definition) is 8. The average Bonchev–Trinajstić information content (AvgIpc) is 3.52. The number of thiazole rings is 1. The number of aromatic nitrogens is 1. The second-order valence-corrected chi connectivity index (χ2v) is 11.1. The number of aliphatic hydroxyl groups excluding tert-OH is 1. The van der Waals surface area contributed by atoms with E-state index < -0.39 is 23.7 Å². The van der Waals surface area contributed by atoms with E-state index in [4.69, 9.17) is 9.47 Å². The van der Waals surface area contributed by atoms with Crippen molar-refractivity contribution >= 4 is 39.9 Å². The fourth-order valence-electron chi connectivity index (χ4n) is 5.00. The molecule has 8 nitrogen and oxygen atoms in total. The lowest BCUT2D eigenvalue weighted by atomic mass is 9.94. The van der Waals surface area contributed by atoms with Crippen LogP contribution in [0.25, 0.3) is 5.76 Å². The van der Waals surface area contributed by atoms with Gasteiger partial charge in [-0.2, -0.15) is 0 Å². The lowest BCUT2D eigenvalue weighted by molar-refractivity contribution is -0.132. The normalized spacial score (nSPS) is 16.0. The number of nitrogens with zero attached hydrogens (tertiary/aromatic N) is 2. The van der Waals surface area contributed by atoms with E-state index in [0.29, 0.717) is 29.2 Å². The third kappa shape index (κ3) is 5.94. The summed E-state index contributed by atoms with van der Waals surface area (Å²) in [5, 5.41) is 11.8. The van der Waals surface area contributed by atoms with E-state index in [9.17, 15) is 19.5 Å². The maximum atomic E-state index is 13.6. The lowest BCUT2D eigenvalue weighted by Crippen LogP contribution is -2.29. The smallest absolute Gasteiger partial charge is 0.350 e. The highest BCUT2D eigenvalue weighted by molar-refractivity contribution is 7.17. The molecular formula is C34H32N2O6S. The average molecular weight is 597 g/mol. The van der Waals surface area contributed by atoms with Gasteiger partial charge in [0.15, 0.2) is 5.13 Å². The number of carbonyl (C=O) groups is 3. The first-order valence-corrected chi connectivity index (χ1v) is 14.9. The molecular weight excluding hydrogens is 564 g/mol. The Labute approximate surface area is 254 Å². The number of ether oxygens (including phenoxy) is 2.